The molecule has 1 aliphatic heterocycles. The highest BCUT2D eigenvalue weighted by molar-refractivity contribution is 7.12. The van der Waals surface area contributed by atoms with Crippen LogP contribution in [0.1, 0.15) is 46.6 Å². The van der Waals surface area contributed by atoms with Gasteiger partial charge in [-0.25, -0.2) is 0 Å². The zero-order valence-corrected chi connectivity index (χ0v) is 12.9. The molecule has 0 aliphatic carbocycles. The van der Waals surface area contributed by atoms with Crippen LogP contribution in [0.25, 0.3) is 0 Å². The molecular weight excluding hydrogens is 286 g/mol. The van der Waals surface area contributed by atoms with Gasteiger partial charge in [-0.05, 0) is 30.7 Å². The number of piperidine rings is 1. The summed E-state index contributed by atoms with van der Waals surface area (Å²) >= 11 is 1.50. The molecule has 112 valence electrons. The first kappa shape index (κ1) is 14.1. The summed E-state index contributed by atoms with van der Waals surface area (Å²) in [5.74, 6) is 0.914. The number of likely N-dealkylation sites (tertiary alicyclic amines) is 1. The van der Waals surface area contributed by atoms with E-state index in [0.29, 0.717) is 11.8 Å². The van der Waals surface area contributed by atoms with E-state index >= 15 is 0 Å². The summed E-state index contributed by atoms with van der Waals surface area (Å²) in [4.78, 5) is 15.1. The number of carbonyl (C=O) groups excluding carboxylic acids is 1. The summed E-state index contributed by atoms with van der Waals surface area (Å²) in [6, 6.07) is 3.79. The third kappa shape index (κ3) is 2.68. The molecule has 5 nitrogen and oxygen atoms in total. The van der Waals surface area contributed by atoms with Gasteiger partial charge in [0.25, 0.3) is 5.91 Å². The molecule has 3 rings (SSSR count). The number of hydrogen-bond acceptors (Lipinski definition) is 5. The van der Waals surface area contributed by atoms with Gasteiger partial charge in [0.2, 0.25) is 5.88 Å². The topological polar surface area (TPSA) is 72.4 Å². The van der Waals surface area contributed by atoms with Crippen molar-refractivity contribution in [3.05, 3.63) is 33.6 Å². The third-order valence-electron chi connectivity index (χ3n) is 4.10. The quantitative estimate of drug-likeness (QED) is 0.946. The maximum absolute atomic E-state index is 12.3. The minimum atomic E-state index is 0.138. The Hall–Kier alpha value is -1.82. The van der Waals surface area contributed by atoms with Crippen molar-refractivity contribution in [1.29, 1.82) is 0 Å². The molecule has 0 atom stereocenters. The van der Waals surface area contributed by atoms with Gasteiger partial charge in [-0.1, -0.05) is 18.1 Å². The van der Waals surface area contributed by atoms with E-state index in [2.05, 4.69) is 12.1 Å². The van der Waals surface area contributed by atoms with Crippen LogP contribution in [-0.2, 0) is 6.42 Å². The number of hydrogen-bond donors (Lipinski definition) is 1. The van der Waals surface area contributed by atoms with E-state index in [0.717, 1.165) is 48.5 Å². The molecule has 2 aromatic heterocycles. The predicted octanol–water partition coefficient (Wildman–Crippen LogP) is 2.90. The van der Waals surface area contributed by atoms with Gasteiger partial charge in [0.1, 0.15) is 0 Å². The average Bonchev–Trinajstić information content (AvgIpc) is 3.16. The van der Waals surface area contributed by atoms with Gasteiger partial charge in [-0.3, -0.25) is 4.79 Å². The molecule has 2 N–H and O–H groups in total. The van der Waals surface area contributed by atoms with E-state index in [-0.39, 0.29) is 5.91 Å². The van der Waals surface area contributed by atoms with Crippen LogP contribution in [0.2, 0.25) is 0 Å². The molecule has 0 spiro atoms. The molecule has 3 heterocycles. The van der Waals surface area contributed by atoms with Crippen molar-refractivity contribution in [2.75, 3.05) is 18.8 Å². The van der Waals surface area contributed by atoms with Gasteiger partial charge in [0, 0.05) is 24.6 Å². The minimum Gasteiger partial charge on any atom is -0.367 e. The molecule has 1 fully saturated rings. The summed E-state index contributed by atoms with van der Waals surface area (Å²) in [6.07, 6.45) is 2.66. The van der Waals surface area contributed by atoms with Crippen LogP contribution >= 0.6 is 11.3 Å². The summed E-state index contributed by atoms with van der Waals surface area (Å²) < 4.78 is 5.12. The van der Waals surface area contributed by atoms with Crippen molar-refractivity contribution in [2.24, 2.45) is 0 Å². The predicted molar refractivity (Wildman–Crippen MR) is 82.5 cm³/mol. The Balaban J connectivity index is 1.66. The van der Waals surface area contributed by atoms with Gasteiger partial charge in [0.05, 0.1) is 10.6 Å². The highest BCUT2D eigenvalue weighted by Crippen LogP contribution is 2.32. The molecule has 6 heteroatoms. The first-order chi connectivity index (χ1) is 10.2. The van der Waals surface area contributed by atoms with E-state index in [9.17, 15) is 4.79 Å². The molecule has 1 saturated heterocycles. The summed E-state index contributed by atoms with van der Waals surface area (Å²) in [7, 11) is 0. The monoisotopic (exact) mass is 305 g/mol. The Bertz CT molecular complexity index is 613. The molecule has 0 aromatic carbocycles. The average molecular weight is 305 g/mol. The second kappa shape index (κ2) is 5.89. The van der Waals surface area contributed by atoms with E-state index in [1.54, 1.807) is 0 Å². The van der Waals surface area contributed by atoms with Gasteiger partial charge in [-0.2, -0.15) is 0 Å². The first-order valence-electron chi connectivity index (χ1n) is 7.27. The van der Waals surface area contributed by atoms with Crippen LogP contribution in [0.4, 0.5) is 5.88 Å². The maximum Gasteiger partial charge on any atom is 0.263 e. The number of thiophene rings is 1. The number of amides is 1. The van der Waals surface area contributed by atoms with Crippen LogP contribution < -0.4 is 5.73 Å². The second-order valence-electron chi connectivity index (χ2n) is 5.31. The smallest absolute Gasteiger partial charge is 0.263 e. The van der Waals surface area contributed by atoms with Crippen LogP contribution in [-0.4, -0.2) is 29.1 Å². The third-order valence-corrected chi connectivity index (χ3v) is 4.96. The molecule has 0 bridgehead atoms. The van der Waals surface area contributed by atoms with Gasteiger partial charge in [-0.15, -0.1) is 11.3 Å². The number of anilines is 1. The molecule has 0 radical (unpaired) electrons. The molecular formula is C15H19N3O2S. The number of nitrogen functional groups attached to an aromatic ring is 1. The first-order valence-corrected chi connectivity index (χ1v) is 8.15. The van der Waals surface area contributed by atoms with Gasteiger partial charge in [0.15, 0.2) is 0 Å². The van der Waals surface area contributed by atoms with Gasteiger partial charge < -0.3 is 15.2 Å². The fraction of sp³-hybridized carbons (Fsp3) is 0.467. The zero-order valence-electron chi connectivity index (χ0n) is 12.0. The lowest BCUT2D eigenvalue weighted by Crippen LogP contribution is -2.37. The Morgan fingerprint density at radius 1 is 1.52 bits per heavy atom. The van der Waals surface area contributed by atoms with Crippen LogP contribution in [0.3, 0.4) is 0 Å². The Labute approximate surface area is 127 Å². The van der Waals surface area contributed by atoms with E-state index in [4.69, 9.17) is 10.3 Å². The minimum absolute atomic E-state index is 0.138. The van der Waals surface area contributed by atoms with E-state index in [1.165, 1.54) is 11.3 Å². The van der Waals surface area contributed by atoms with E-state index < -0.39 is 0 Å². The molecule has 0 unspecified atom stereocenters. The summed E-state index contributed by atoms with van der Waals surface area (Å²) in [5.41, 5.74) is 7.82. The van der Waals surface area contributed by atoms with Crippen LogP contribution in [0.5, 0.6) is 0 Å². The molecule has 0 saturated carbocycles. The SMILES string of the molecule is CCc1c(C2CCN(C(=O)c3cccs3)CC2)noc1N. The number of nitrogens with two attached hydrogens (primary N) is 1. The number of nitrogens with zero attached hydrogens (tertiary/aromatic N) is 2. The Morgan fingerprint density at radius 2 is 2.29 bits per heavy atom. The Morgan fingerprint density at radius 3 is 2.90 bits per heavy atom. The maximum atomic E-state index is 12.3. The number of rotatable bonds is 3. The fourth-order valence-electron chi connectivity index (χ4n) is 2.92. The zero-order chi connectivity index (χ0) is 14.8. The Kier molecular flexibility index (Phi) is 3.96. The second-order valence-corrected chi connectivity index (χ2v) is 6.26. The highest BCUT2D eigenvalue weighted by Gasteiger charge is 2.28. The van der Waals surface area contributed by atoms with E-state index in [1.807, 2.05) is 22.4 Å². The standard InChI is InChI=1S/C15H19N3O2S/c1-2-11-13(17-20-14(11)16)10-5-7-18(8-6-10)15(19)12-4-3-9-21-12/h3-4,9-10H,2,5-8,16H2,1H3. The number of carbonyl (C=O) groups is 1. The van der Waals surface area contributed by atoms with Crippen molar-refractivity contribution in [3.8, 4) is 0 Å². The van der Waals surface area contributed by atoms with Crippen molar-refractivity contribution in [1.82, 2.24) is 10.1 Å². The van der Waals surface area contributed by atoms with Gasteiger partial charge >= 0.3 is 0 Å². The lowest BCUT2D eigenvalue weighted by atomic mass is 9.90. The normalized spacial score (nSPS) is 16.3. The molecule has 2 aromatic rings. The lowest BCUT2D eigenvalue weighted by Gasteiger charge is -2.31. The van der Waals surface area contributed by atoms with Crippen LogP contribution in [0.15, 0.2) is 22.0 Å². The van der Waals surface area contributed by atoms with Crippen molar-refractivity contribution >= 4 is 23.1 Å². The van der Waals surface area contributed by atoms with Crippen molar-refractivity contribution in [3.63, 3.8) is 0 Å². The molecule has 1 aliphatic rings. The summed E-state index contributed by atoms with van der Waals surface area (Å²) in [6.45, 7) is 3.58. The van der Waals surface area contributed by atoms with Crippen molar-refractivity contribution in [2.45, 2.75) is 32.1 Å². The lowest BCUT2D eigenvalue weighted by molar-refractivity contribution is 0.0716. The molecule has 1 amide bonds. The van der Waals surface area contributed by atoms with Crippen molar-refractivity contribution < 1.29 is 9.32 Å². The largest absolute Gasteiger partial charge is 0.367 e. The van der Waals surface area contributed by atoms with Crippen LogP contribution in [0, 0.1) is 0 Å². The number of aromatic nitrogens is 1. The summed E-state index contributed by atoms with van der Waals surface area (Å²) in [5, 5.41) is 6.06. The fourth-order valence-corrected chi connectivity index (χ4v) is 3.61. The molecule has 21 heavy (non-hydrogen) atoms. The highest BCUT2D eigenvalue weighted by atomic mass is 32.1.